The number of ether oxygens (including phenoxy) is 3. The van der Waals surface area contributed by atoms with E-state index in [0.29, 0.717) is 41.6 Å². The van der Waals surface area contributed by atoms with E-state index in [4.69, 9.17) is 14.2 Å². The van der Waals surface area contributed by atoms with Gasteiger partial charge >= 0.3 is 0 Å². The number of hydrogen-bond acceptors (Lipinski definition) is 6. The van der Waals surface area contributed by atoms with Gasteiger partial charge in [-0.1, -0.05) is 24.3 Å². The first-order chi connectivity index (χ1) is 17.5. The van der Waals surface area contributed by atoms with Gasteiger partial charge in [0.25, 0.3) is 11.8 Å². The minimum Gasteiger partial charge on any atom is -0.495 e. The molecule has 1 saturated heterocycles. The van der Waals surface area contributed by atoms with Crippen LogP contribution in [0.4, 0.5) is 11.4 Å². The van der Waals surface area contributed by atoms with Crippen molar-refractivity contribution in [2.45, 2.75) is 6.92 Å². The molecule has 0 saturated carbocycles. The largest absolute Gasteiger partial charge is 0.495 e. The van der Waals surface area contributed by atoms with Gasteiger partial charge in [-0.2, -0.15) is 0 Å². The number of carbonyl (C=O) groups is 2. The summed E-state index contributed by atoms with van der Waals surface area (Å²) in [5.41, 5.74) is 3.48. The summed E-state index contributed by atoms with van der Waals surface area (Å²) in [5, 5.41) is 2.77. The van der Waals surface area contributed by atoms with Crippen LogP contribution in [0.1, 0.15) is 15.9 Å². The highest BCUT2D eigenvalue weighted by molar-refractivity contribution is 5.95. The summed E-state index contributed by atoms with van der Waals surface area (Å²) in [4.78, 5) is 29.7. The van der Waals surface area contributed by atoms with Crippen molar-refractivity contribution in [2.75, 3.05) is 57.2 Å². The van der Waals surface area contributed by atoms with Crippen molar-refractivity contribution >= 4 is 23.2 Å². The Balaban J connectivity index is 1.35. The average Bonchev–Trinajstić information content (AvgIpc) is 2.91. The Morgan fingerprint density at radius 2 is 1.58 bits per heavy atom. The number of rotatable bonds is 8. The van der Waals surface area contributed by atoms with Gasteiger partial charge in [0.2, 0.25) is 0 Å². The van der Waals surface area contributed by atoms with Crippen molar-refractivity contribution in [3.05, 3.63) is 77.9 Å². The molecule has 188 valence electrons. The van der Waals surface area contributed by atoms with Gasteiger partial charge < -0.3 is 29.3 Å². The maximum atomic E-state index is 13.1. The van der Waals surface area contributed by atoms with Crippen LogP contribution in [0.15, 0.2) is 66.7 Å². The molecule has 1 N–H and O–H groups in total. The average molecular weight is 490 g/mol. The molecule has 36 heavy (non-hydrogen) atoms. The van der Waals surface area contributed by atoms with Crippen LogP contribution in [-0.2, 0) is 4.79 Å². The van der Waals surface area contributed by atoms with Gasteiger partial charge in [-0.25, -0.2) is 0 Å². The van der Waals surface area contributed by atoms with E-state index in [1.807, 2.05) is 11.0 Å². The van der Waals surface area contributed by atoms with E-state index in [1.54, 1.807) is 43.5 Å². The summed E-state index contributed by atoms with van der Waals surface area (Å²) in [5.74, 6) is 0.940. The maximum Gasteiger partial charge on any atom is 0.262 e. The summed E-state index contributed by atoms with van der Waals surface area (Å²) in [7, 11) is 3.05. The SMILES string of the molecule is COc1ccccc1NC(=O)COc1ccc(C(=O)N2CCN(c3cccc(C)c3)CC2)cc1OC. The number of aryl methyl sites for hydroxylation is 1. The summed E-state index contributed by atoms with van der Waals surface area (Å²) in [6.07, 6.45) is 0. The Morgan fingerprint density at radius 3 is 2.31 bits per heavy atom. The molecule has 1 heterocycles. The number of nitrogens with zero attached hydrogens (tertiary/aromatic N) is 2. The third kappa shape index (κ3) is 5.89. The summed E-state index contributed by atoms with van der Waals surface area (Å²) in [6, 6.07) is 20.6. The van der Waals surface area contributed by atoms with E-state index in [-0.39, 0.29) is 18.4 Å². The highest BCUT2D eigenvalue weighted by atomic mass is 16.5. The number of hydrogen-bond donors (Lipinski definition) is 1. The number of methoxy groups -OCH3 is 2. The summed E-state index contributed by atoms with van der Waals surface area (Å²) < 4.78 is 16.4. The number of para-hydroxylation sites is 2. The molecule has 8 nitrogen and oxygen atoms in total. The van der Waals surface area contributed by atoms with E-state index in [9.17, 15) is 9.59 Å². The molecule has 1 aliphatic heterocycles. The molecule has 8 heteroatoms. The molecule has 3 aromatic rings. The number of piperazine rings is 1. The van der Waals surface area contributed by atoms with Crippen LogP contribution in [0, 0.1) is 6.92 Å². The Kier molecular flexibility index (Phi) is 7.95. The number of amides is 2. The lowest BCUT2D eigenvalue weighted by Gasteiger charge is -2.36. The molecule has 0 aromatic heterocycles. The molecule has 4 rings (SSSR count). The molecule has 3 aromatic carbocycles. The Labute approximate surface area is 211 Å². The molecule has 0 radical (unpaired) electrons. The van der Waals surface area contributed by atoms with E-state index < -0.39 is 0 Å². The molecule has 2 amide bonds. The minimum atomic E-state index is -0.340. The smallest absolute Gasteiger partial charge is 0.262 e. The quantitative estimate of drug-likeness (QED) is 0.515. The van der Waals surface area contributed by atoms with Gasteiger partial charge in [-0.15, -0.1) is 0 Å². The van der Waals surface area contributed by atoms with Crippen molar-refractivity contribution in [2.24, 2.45) is 0 Å². The fourth-order valence-electron chi connectivity index (χ4n) is 4.17. The number of benzene rings is 3. The van der Waals surface area contributed by atoms with Gasteiger partial charge in [0, 0.05) is 37.4 Å². The second kappa shape index (κ2) is 11.5. The molecule has 1 aliphatic rings. The zero-order valence-corrected chi connectivity index (χ0v) is 20.8. The zero-order valence-electron chi connectivity index (χ0n) is 20.8. The number of anilines is 2. The lowest BCUT2D eigenvalue weighted by atomic mass is 10.1. The van der Waals surface area contributed by atoms with Crippen LogP contribution in [0.25, 0.3) is 0 Å². The van der Waals surface area contributed by atoms with Crippen LogP contribution < -0.4 is 24.4 Å². The molecule has 0 spiro atoms. The summed E-state index contributed by atoms with van der Waals surface area (Å²) >= 11 is 0. The second-order valence-electron chi connectivity index (χ2n) is 8.52. The van der Waals surface area contributed by atoms with E-state index in [1.165, 1.54) is 18.4 Å². The standard InChI is InChI=1S/C28H31N3O5/c1-20-7-6-8-22(17-20)30-13-15-31(16-14-30)28(33)21-11-12-25(26(18-21)35-3)36-19-27(32)29-23-9-4-5-10-24(23)34-2/h4-12,17-18H,13-16,19H2,1-3H3,(H,29,32). The van der Waals surface area contributed by atoms with Gasteiger partial charge in [0.1, 0.15) is 5.75 Å². The van der Waals surface area contributed by atoms with Crippen molar-refractivity contribution in [3.63, 3.8) is 0 Å². The predicted octanol–water partition coefficient (Wildman–Crippen LogP) is 3.99. The lowest BCUT2D eigenvalue weighted by Crippen LogP contribution is -2.48. The van der Waals surface area contributed by atoms with Crippen LogP contribution >= 0.6 is 0 Å². The minimum absolute atomic E-state index is 0.0577. The normalized spacial score (nSPS) is 13.2. The number of nitrogens with one attached hydrogen (secondary N) is 1. The van der Waals surface area contributed by atoms with E-state index in [2.05, 4.69) is 41.4 Å². The van der Waals surface area contributed by atoms with Crippen molar-refractivity contribution in [1.29, 1.82) is 0 Å². The number of carbonyl (C=O) groups excluding carboxylic acids is 2. The Morgan fingerprint density at radius 1 is 0.833 bits per heavy atom. The fourth-order valence-corrected chi connectivity index (χ4v) is 4.17. The topological polar surface area (TPSA) is 80.3 Å². The van der Waals surface area contributed by atoms with E-state index in [0.717, 1.165) is 13.1 Å². The van der Waals surface area contributed by atoms with Crippen LogP contribution in [0.3, 0.4) is 0 Å². The van der Waals surface area contributed by atoms with Crippen LogP contribution in [0.2, 0.25) is 0 Å². The predicted molar refractivity (Wildman–Crippen MR) is 139 cm³/mol. The van der Waals surface area contributed by atoms with Gasteiger partial charge in [-0.3, -0.25) is 9.59 Å². The first-order valence-electron chi connectivity index (χ1n) is 11.8. The Hall–Kier alpha value is -4.20. The van der Waals surface area contributed by atoms with Crippen LogP contribution in [0.5, 0.6) is 17.2 Å². The second-order valence-corrected chi connectivity index (χ2v) is 8.52. The highest BCUT2D eigenvalue weighted by Gasteiger charge is 2.23. The van der Waals surface area contributed by atoms with Gasteiger partial charge in [-0.05, 0) is 55.0 Å². The van der Waals surface area contributed by atoms with E-state index >= 15 is 0 Å². The highest BCUT2D eigenvalue weighted by Crippen LogP contribution is 2.29. The fraction of sp³-hybridized carbons (Fsp3) is 0.286. The van der Waals surface area contributed by atoms with Crippen LogP contribution in [-0.4, -0.2) is 63.7 Å². The molecule has 0 atom stereocenters. The zero-order chi connectivity index (χ0) is 25.5. The van der Waals surface area contributed by atoms with Crippen molar-refractivity contribution < 1.29 is 23.8 Å². The molecule has 0 bridgehead atoms. The first kappa shape index (κ1) is 24.9. The third-order valence-electron chi connectivity index (χ3n) is 6.08. The molecular formula is C28H31N3O5. The summed E-state index contributed by atoms with van der Waals surface area (Å²) in [6.45, 7) is 4.68. The lowest BCUT2D eigenvalue weighted by molar-refractivity contribution is -0.118. The molecule has 0 aliphatic carbocycles. The third-order valence-corrected chi connectivity index (χ3v) is 6.08. The first-order valence-corrected chi connectivity index (χ1v) is 11.8. The molecular weight excluding hydrogens is 458 g/mol. The van der Waals surface area contributed by atoms with Gasteiger partial charge in [0.05, 0.1) is 19.9 Å². The Bertz CT molecular complexity index is 1220. The molecule has 0 unspecified atom stereocenters. The maximum absolute atomic E-state index is 13.1. The molecule has 1 fully saturated rings. The van der Waals surface area contributed by atoms with Gasteiger partial charge in [0.15, 0.2) is 18.1 Å². The van der Waals surface area contributed by atoms with Crippen molar-refractivity contribution in [1.82, 2.24) is 4.90 Å². The monoisotopic (exact) mass is 489 g/mol. The van der Waals surface area contributed by atoms with Crippen molar-refractivity contribution in [3.8, 4) is 17.2 Å².